The van der Waals surface area contributed by atoms with E-state index < -0.39 is 6.10 Å². The van der Waals surface area contributed by atoms with Crippen molar-refractivity contribution in [3.05, 3.63) is 134 Å². The van der Waals surface area contributed by atoms with E-state index in [-0.39, 0.29) is 25.2 Å². The number of aliphatic hydroxyl groups is 1. The van der Waals surface area contributed by atoms with Gasteiger partial charge >= 0.3 is 11.9 Å². The van der Waals surface area contributed by atoms with E-state index in [1.165, 1.54) is 64.2 Å². The predicted octanol–water partition coefficient (Wildman–Crippen LogP) is 17.3. The van der Waals surface area contributed by atoms with Gasteiger partial charge in [-0.2, -0.15) is 0 Å². The highest BCUT2D eigenvalue weighted by atomic mass is 16.6. The number of carbonyl (C=O) groups excluding carboxylic acids is 2. The third-order valence-corrected chi connectivity index (χ3v) is 10.4. The van der Waals surface area contributed by atoms with Gasteiger partial charge in [0.05, 0.1) is 6.61 Å². The van der Waals surface area contributed by atoms with Crippen molar-refractivity contribution in [3.63, 3.8) is 0 Å². The van der Waals surface area contributed by atoms with Crippen LogP contribution in [0.15, 0.2) is 134 Å². The van der Waals surface area contributed by atoms with E-state index in [4.69, 9.17) is 9.47 Å². The first-order valence-electron chi connectivity index (χ1n) is 25.7. The average Bonchev–Trinajstić information content (AvgIpc) is 3.30. The third kappa shape index (κ3) is 50.7. The number of ether oxygens (including phenoxy) is 2. The van der Waals surface area contributed by atoms with Crippen LogP contribution in [-0.4, -0.2) is 36.4 Å². The van der Waals surface area contributed by atoms with E-state index in [1.54, 1.807) is 0 Å². The molecule has 0 rings (SSSR count). The van der Waals surface area contributed by atoms with Gasteiger partial charge in [-0.1, -0.05) is 218 Å². The molecule has 0 aliphatic heterocycles. The monoisotopic (exact) mass is 883 g/mol. The summed E-state index contributed by atoms with van der Waals surface area (Å²) in [5, 5.41) is 9.64. The largest absolute Gasteiger partial charge is 0.462 e. The van der Waals surface area contributed by atoms with Gasteiger partial charge in [-0.3, -0.25) is 9.59 Å². The van der Waals surface area contributed by atoms with Gasteiger partial charge in [0.15, 0.2) is 6.10 Å². The summed E-state index contributed by atoms with van der Waals surface area (Å²) < 4.78 is 10.7. The lowest BCUT2D eigenvalue weighted by atomic mass is 10.1. The van der Waals surface area contributed by atoms with Crippen molar-refractivity contribution in [1.82, 2.24) is 0 Å². The van der Waals surface area contributed by atoms with E-state index in [1.807, 2.05) is 0 Å². The van der Waals surface area contributed by atoms with Crippen LogP contribution >= 0.6 is 0 Å². The quantitative estimate of drug-likeness (QED) is 0.0375. The molecule has 0 radical (unpaired) electrons. The maximum Gasteiger partial charge on any atom is 0.306 e. The molecule has 1 unspecified atom stereocenters. The molecule has 0 aliphatic carbocycles. The fraction of sp³-hybridized carbons (Fsp3) is 0.593. The van der Waals surface area contributed by atoms with Crippen LogP contribution in [0, 0.1) is 0 Å². The van der Waals surface area contributed by atoms with Crippen LogP contribution < -0.4 is 0 Å². The number of unbranched alkanes of at least 4 members (excludes halogenated alkanes) is 15. The van der Waals surface area contributed by atoms with Crippen molar-refractivity contribution >= 4 is 11.9 Å². The summed E-state index contributed by atoms with van der Waals surface area (Å²) in [5.41, 5.74) is 0. The molecule has 64 heavy (non-hydrogen) atoms. The second kappa shape index (κ2) is 53.4. The molecule has 0 amide bonds. The topological polar surface area (TPSA) is 72.8 Å². The van der Waals surface area contributed by atoms with E-state index >= 15 is 0 Å². The highest BCUT2D eigenvalue weighted by molar-refractivity contribution is 5.70. The zero-order valence-corrected chi connectivity index (χ0v) is 41.0. The lowest BCUT2D eigenvalue weighted by molar-refractivity contribution is -0.161. The number of esters is 2. The van der Waals surface area contributed by atoms with Gasteiger partial charge in [0.1, 0.15) is 6.61 Å². The molecule has 1 N–H and O–H groups in total. The molecule has 0 aromatic carbocycles. The minimum Gasteiger partial charge on any atom is -0.462 e. The summed E-state index contributed by atoms with van der Waals surface area (Å²) in [6, 6.07) is 0. The van der Waals surface area contributed by atoms with Gasteiger partial charge in [-0.05, 0) is 109 Å². The first-order valence-corrected chi connectivity index (χ1v) is 25.7. The maximum absolute atomic E-state index is 12.3. The number of hydrogen-bond donors (Lipinski definition) is 1. The zero-order valence-electron chi connectivity index (χ0n) is 41.0. The van der Waals surface area contributed by atoms with E-state index in [9.17, 15) is 14.7 Å². The molecular weight excluding hydrogens is 789 g/mol. The van der Waals surface area contributed by atoms with Crippen molar-refractivity contribution < 1.29 is 24.2 Å². The van der Waals surface area contributed by atoms with Crippen LogP contribution in [0.5, 0.6) is 0 Å². The summed E-state index contributed by atoms with van der Waals surface area (Å²) in [6.07, 6.45) is 79.6. The first-order chi connectivity index (χ1) is 31.6. The molecule has 1 atom stereocenters. The number of rotatable bonds is 45. The molecule has 5 heteroatoms. The Kier molecular flexibility index (Phi) is 50.1. The van der Waals surface area contributed by atoms with Gasteiger partial charge in [0.25, 0.3) is 0 Å². The van der Waals surface area contributed by atoms with Crippen LogP contribution in [-0.2, 0) is 19.1 Å². The van der Waals surface area contributed by atoms with Crippen molar-refractivity contribution in [2.24, 2.45) is 0 Å². The predicted molar refractivity (Wildman–Crippen MR) is 278 cm³/mol. The molecule has 0 saturated carbocycles. The average molecular weight is 883 g/mol. The fourth-order valence-electron chi connectivity index (χ4n) is 6.64. The molecule has 0 heterocycles. The molecular formula is C59H94O5. The van der Waals surface area contributed by atoms with Crippen LogP contribution in [0.25, 0.3) is 0 Å². The van der Waals surface area contributed by atoms with Gasteiger partial charge in [0, 0.05) is 12.8 Å². The Hall–Kier alpha value is -3.96. The minimum atomic E-state index is -0.794. The lowest BCUT2D eigenvalue weighted by Crippen LogP contribution is -2.28. The molecule has 0 aromatic rings. The van der Waals surface area contributed by atoms with Crippen molar-refractivity contribution in [1.29, 1.82) is 0 Å². The van der Waals surface area contributed by atoms with E-state index in [0.29, 0.717) is 12.8 Å². The van der Waals surface area contributed by atoms with Crippen molar-refractivity contribution in [3.8, 4) is 0 Å². The van der Waals surface area contributed by atoms with Gasteiger partial charge in [0.2, 0.25) is 0 Å². The molecule has 5 nitrogen and oxygen atoms in total. The Morgan fingerprint density at radius 3 is 0.938 bits per heavy atom. The Balaban J connectivity index is 3.62. The van der Waals surface area contributed by atoms with Crippen LogP contribution in [0.4, 0.5) is 0 Å². The Bertz CT molecular complexity index is 1370. The van der Waals surface area contributed by atoms with Crippen LogP contribution in [0.3, 0.4) is 0 Å². The zero-order chi connectivity index (χ0) is 46.3. The Morgan fingerprint density at radius 1 is 0.359 bits per heavy atom. The second-order valence-electron chi connectivity index (χ2n) is 16.5. The summed E-state index contributed by atoms with van der Waals surface area (Å²) in [6.45, 7) is 3.89. The summed E-state index contributed by atoms with van der Waals surface area (Å²) in [4.78, 5) is 24.5. The van der Waals surface area contributed by atoms with Gasteiger partial charge in [-0.25, -0.2) is 0 Å². The van der Waals surface area contributed by atoms with E-state index in [0.717, 1.165) is 116 Å². The smallest absolute Gasteiger partial charge is 0.306 e. The molecule has 0 spiro atoms. The van der Waals surface area contributed by atoms with Gasteiger partial charge in [-0.15, -0.1) is 0 Å². The van der Waals surface area contributed by atoms with Crippen molar-refractivity contribution in [2.45, 2.75) is 213 Å². The normalized spacial score (nSPS) is 13.4. The lowest BCUT2D eigenvalue weighted by Gasteiger charge is -2.15. The highest BCUT2D eigenvalue weighted by Crippen LogP contribution is 2.13. The summed E-state index contributed by atoms with van der Waals surface area (Å²) in [7, 11) is 0. The van der Waals surface area contributed by atoms with Crippen LogP contribution in [0.1, 0.15) is 206 Å². The van der Waals surface area contributed by atoms with Crippen LogP contribution in [0.2, 0.25) is 0 Å². The minimum absolute atomic E-state index is 0.0844. The molecule has 0 saturated heterocycles. The molecule has 0 aliphatic rings. The first kappa shape index (κ1) is 60.0. The Morgan fingerprint density at radius 2 is 0.625 bits per heavy atom. The third-order valence-electron chi connectivity index (χ3n) is 10.4. The molecule has 360 valence electrons. The fourth-order valence-corrected chi connectivity index (χ4v) is 6.64. The number of aliphatic hydroxyl groups excluding tert-OH is 1. The standard InChI is InChI=1S/C59H94O5/c1-3-5-7-9-11-13-15-17-19-21-23-25-27-29-31-33-35-37-39-41-43-45-47-49-51-53-58(61)63-56-57(55-60)64-59(62)54-52-50-48-46-44-42-40-38-36-34-32-30-28-26-24-22-20-18-16-14-12-10-8-6-4-2/h5-8,11-14,17-20,23-26,29-32,36,38,57,60H,3-4,9-10,15-16,21-22,27-28,33-35,37,39-56H2,1-2H3/b7-5-,8-6-,13-11-,14-12-,19-17-,20-18-,25-23-,26-24-,31-29-,32-30-,38-36-. The number of allylic oxidation sites excluding steroid dienone is 22. The molecule has 0 aromatic heterocycles. The summed E-state index contributed by atoms with van der Waals surface area (Å²) >= 11 is 0. The molecule has 0 bridgehead atoms. The number of hydrogen-bond acceptors (Lipinski definition) is 5. The maximum atomic E-state index is 12.3. The van der Waals surface area contributed by atoms with Crippen molar-refractivity contribution in [2.75, 3.05) is 13.2 Å². The highest BCUT2D eigenvalue weighted by Gasteiger charge is 2.16. The number of carbonyl (C=O) groups is 2. The Labute approximate surface area is 394 Å². The molecule has 0 fully saturated rings. The second-order valence-corrected chi connectivity index (χ2v) is 16.5. The van der Waals surface area contributed by atoms with Gasteiger partial charge < -0.3 is 14.6 Å². The SMILES string of the molecule is CC/C=C\C/C=C\C/C=C\C/C=C\C/C=C\C/C=C\CCCCCCCCC(=O)OC(CO)COC(=O)CCCCCCCCCCC/C=C\C/C=C\C/C=C\C/C=C\C/C=C\CC. The summed E-state index contributed by atoms with van der Waals surface area (Å²) in [5.74, 6) is -0.624. The van der Waals surface area contributed by atoms with E-state index in [2.05, 4.69) is 148 Å².